The molecular weight excluding hydrogens is 560 g/mol. The molecule has 7 nitrogen and oxygen atoms in total. The van der Waals surface area contributed by atoms with Crippen LogP contribution in [0, 0.1) is 12.8 Å². The molecule has 2 saturated heterocycles. The normalized spacial score (nSPS) is 17.3. The monoisotopic (exact) mass is 598 g/mol. The zero-order chi connectivity index (χ0) is 29.1. The number of amides is 2. The molecule has 1 atom stereocenters. The number of aromatic nitrogens is 1. The van der Waals surface area contributed by atoms with Gasteiger partial charge in [-0.05, 0) is 98.0 Å². The number of halogens is 1. The number of hydrogen-bond donors (Lipinski definition) is 2. The van der Waals surface area contributed by atoms with Gasteiger partial charge in [0.1, 0.15) is 0 Å². The van der Waals surface area contributed by atoms with Crippen LogP contribution in [0.1, 0.15) is 53.6 Å². The highest BCUT2D eigenvalue weighted by Crippen LogP contribution is 2.29. The zero-order valence-corrected chi connectivity index (χ0v) is 25.4. The Morgan fingerprint density at radius 3 is 2.49 bits per heavy atom. The number of carbonyl (C=O) groups is 2. The van der Waals surface area contributed by atoms with Gasteiger partial charge in [0.15, 0.2) is 0 Å². The maximum atomic E-state index is 13.4. The molecule has 0 aliphatic carbocycles. The molecule has 1 aromatic heterocycles. The van der Waals surface area contributed by atoms with Crippen LogP contribution in [0.15, 0.2) is 77.6 Å². The summed E-state index contributed by atoms with van der Waals surface area (Å²) in [6.45, 7) is 5.90. The molecule has 0 saturated carbocycles. The van der Waals surface area contributed by atoms with Crippen molar-refractivity contribution in [3.8, 4) is 11.1 Å². The fraction of sp³-hybridized carbons (Fsp3) is 0.343. The van der Waals surface area contributed by atoms with E-state index in [-0.39, 0.29) is 29.8 Å². The lowest BCUT2D eigenvalue weighted by Crippen LogP contribution is -2.46. The van der Waals surface area contributed by atoms with E-state index in [0.717, 1.165) is 73.9 Å². The van der Waals surface area contributed by atoms with E-state index in [1.165, 1.54) is 6.42 Å². The lowest BCUT2D eigenvalue weighted by Gasteiger charge is -2.36. The molecule has 2 amide bonds. The molecule has 0 radical (unpaired) electrons. The average Bonchev–Trinajstić information content (AvgIpc) is 3.02. The molecule has 43 heavy (non-hydrogen) atoms. The van der Waals surface area contributed by atoms with Crippen molar-refractivity contribution >= 4 is 40.8 Å². The third-order valence-electron chi connectivity index (χ3n) is 8.66. The number of pyridine rings is 1. The fourth-order valence-corrected chi connectivity index (χ4v) is 6.37. The summed E-state index contributed by atoms with van der Waals surface area (Å²) in [4.78, 5) is 46.2. The number of rotatable bonds is 6. The van der Waals surface area contributed by atoms with Crippen LogP contribution in [-0.4, -0.2) is 52.8 Å². The van der Waals surface area contributed by atoms with Gasteiger partial charge in [-0.2, -0.15) is 0 Å². The number of hydrogen-bond acceptors (Lipinski definition) is 4. The van der Waals surface area contributed by atoms with Crippen molar-refractivity contribution in [2.45, 2.75) is 45.6 Å². The van der Waals surface area contributed by atoms with Crippen molar-refractivity contribution in [1.82, 2.24) is 14.8 Å². The number of fused-ring (bicyclic) bond motifs is 1. The maximum absolute atomic E-state index is 13.4. The van der Waals surface area contributed by atoms with Gasteiger partial charge < -0.3 is 15.2 Å². The standard InChI is InChI=1S/C35H38N4O3.ClH/c1-24-19-26-12-14-30(21-32(26)37-33(24)40)36-34(41)27-13-15-31(25-9-4-2-5-10-25)29(20-27)23-38-16-8-11-28(22-38)35(42)39-17-6-3-7-18-39;/h2,4-5,9-10,12-15,19-21,28H,3,6-8,11,16-18,22-23H2,1H3,(H,36,41)(H,37,40);1H. The average molecular weight is 599 g/mol. The summed E-state index contributed by atoms with van der Waals surface area (Å²) in [7, 11) is 0. The number of nitrogens with one attached hydrogen (secondary N) is 2. The molecule has 6 rings (SSSR count). The molecule has 4 aromatic rings. The quantitative estimate of drug-likeness (QED) is 0.269. The van der Waals surface area contributed by atoms with Crippen molar-refractivity contribution in [1.29, 1.82) is 0 Å². The molecule has 224 valence electrons. The van der Waals surface area contributed by atoms with Crippen molar-refractivity contribution < 1.29 is 9.59 Å². The van der Waals surface area contributed by atoms with Crippen LogP contribution in [0.2, 0.25) is 0 Å². The Morgan fingerprint density at radius 2 is 1.70 bits per heavy atom. The summed E-state index contributed by atoms with van der Waals surface area (Å²) in [6, 6.07) is 23.5. The first-order chi connectivity index (χ1) is 20.4. The first-order valence-corrected chi connectivity index (χ1v) is 15.1. The minimum absolute atomic E-state index is 0. The highest BCUT2D eigenvalue weighted by Gasteiger charge is 2.30. The molecule has 3 heterocycles. The number of aryl methyl sites for hydroxylation is 1. The van der Waals surface area contributed by atoms with Gasteiger partial charge in [0.25, 0.3) is 11.5 Å². The fourth-order valence-electron chi connectivity index (χ4n) is 6.37. The Hall–Kier alpha value is -3.94. The second-order valence-electron chi connectivity index (χ2n) is 11.7. The van der Waals surface area contributed by atoms with Crippen molar-refractivity contribution in [3.05, 3.63) is 99.8 Å². The number of carbonyl (C=O) groups excluding carboxylic acids is 2. The van der Waals surface area contributed by atoms with Crippen molar-refractivity contribution in [2.75, 3.05) is 31.5 Å². The van der Waals surface area contributed by atoms with Crippen molar-refractivity contribution in [2.24, 2.45) is 5.92 Å². The molecule has 8 heteroatoms. The lowest BCUT2D eigenvalue weighted by atomic mass is 9.93. The molecular formula is C35H39ClN4O3. The van der Waals surface area contributed by atoms with E-state index in [1.807, 2.05) is 54.6 Å². The number of H-pyrrole nitrogens is 1. The third-order valence-corrected chi connectivity index (χ3v) is 8.66. The van der Waals surface area contributed by atoms with E-state index < -0.39 is 0 Å². The van der Waals surface area contributed by atoms with Gasteiger partial charge in [0.05, 0.1) is 11.4 Å². The van der Waals surface area contributed by atoms with Crippen LogP contribution >= 0.6 is 12.4 Å². The van der Waals surface area contributed by atoms with E-state index >= 15 is 0 Å². The van der Waals surface area contributed by atoms with E-state index in [4.69, 9.17) is 0 Å². The van der Waals surface area contributed by atoms with Crippen LogP contribution in [0.4, 0.5) is 5.69 Å². The number of anilines is 1. The van der Waals surface area contributed by atoms with Crippen molar-refractivity contribution in [3.63, 3.8) is 0 Å². The van der Waals surface area contributed by atoms with Gasteiger partial charge in [-0.15, -0.1) is 12.4 Å². The van der Waals surface area contributed by atoms with Crippen LogP contribution in [0.25, 0.3) is 22.0 Å². The number of likely N-dealkylation sites (tertiary alicyclic amines) is 2. The van der Waals surface area contributed by atoms with Gasteiger partial charge >= 0.3 is 0 Å². The Labute approximate surface area is 258 Å². The second-order valence-corrected chi connectivity index (χ2v) is 11.7. The summed E-state index contributed by atoms with van der Waals surface area (Å²) < 4.78 is 0. The molecule has 0 spiro atoms. The summed E-state index contributed by atoms with van der Waals surface area (Å²) in [6.07, 6.45) is 5.36. The molecule has 2 N–H and O–H groups in total. The largest absolute Gasteiger partial charge is 0.342 e. The highest BCUT2D eigenvalue weighted by atomic mass is 35.5. The summed E-state index contributed by atoms with van der Waals surface area (Å²) in [5, 5.41) is 3.92. The molecule has 2 aliphatic rings. The second kappa shape index (κ2) is 13.6. The van der Waals surface area contributed by atoms with E-state index in [0.29, 0.717) is 34.8 Å². The maximum Gasteiger partial charge on any atom is 0.255 e. The topological polar surface area (TPSA) is 85.5 Å². The molecule has 3 aromatic carbocycles. The predicted molar refractivity (Wildman–Crippen MR) is 175 cm³/mol. The lowest BCUT2D eigenvalue weighted by molar-refractivity contribution is -0.138. The first kappa shape index (κ1) is 30.5. The van der Waals surface area contributed by atoms with Crippen LogP contribution in [-0.2, 0) is 11.3 Å². The SMILES string of the molecule is Cc1cc2ccc(NC(=O)c3ccc(-c4ccccc4)c(CN4CCCC(C(=O)N5CCCCC5)C4)c3)cc2[nH]c1=O.Cl. The van der Waals surface area contributed by atoms with E-state index in [9.17, 15) is 14.4 Å². The minimum atomic E-state index is -0.207. The van der Waals surface area contributed by atoms with E-state index in [1.54, 1.807) is 13.0 Å². The van der Waals surface area contributed by atoms with Crippen LogP contribution < -0.4 is 10.9 Å². The third kappa shape index (κ3) is 7.00. The Kier molecular flexibility index (Phi) is 9.63. The van der Waals surface area contributed by atoms with Gasteiger partial charge in [0.2, 0.25) is 5.91 Å². The Balaban J connectivity index is 0.00000368. The molecule has 0 bridgehead atoms. The number of aromatic amines is 1. The summed E-state index contributed by atoms with van der Waals surface area (Å²) >= 11 is 0. The summed E-state index contributed by atoms with van der Waals surface area (Å²) in [5.41, 5.74) is 5.66. The predicted octanol–water partition coefficient (Wildman–Crippen LogP) is 6.40. The first-order valence-electron chi connectivity index (χ1n) is 15.1. The number of benzene rings is 3. The smallest absolute Gasteiger partial charge is 0.255 e. The number of piperidine rings is 2. The van der Waals surface area contributed by atoms with Crippen LogP contribution in [0.5, 0.6) is 0 Å². The van der Waals surface area contributed by atoms with Gasteiger partial charge in [-0.25, -0.2) is 0 Å². The molecule has 2 fully saturated rings. The Bertz CT molecular complexity index is 1660. The number of nitrogens with zero attached hydrogens (tertiary/aromatic N) is 2. The van der Waals surface area contributed by atoms with Gasteiger partial charge in [-0.1, -0.05) is 42.5 Å². The summed E-state index contributed by atoms with van der Waals surface area (Å²) in [5.74, 6) is 0.135. The van der Waals surface area contributed by atoms with E-state index in [2.05, 4.69) is 32.2 Å². The zero-order valence-electron chi connectivity index (χ0n) is 24.6. The Morgan fingerprint density at radius 1 is 0.907 bits per heavy atom. The minimum Gasteiger partial charge on any atom is -0.342 e. The van der Waals surface area contributed by atoms with Gasteiger partial charge in [0, 0.05) is 43.0 Å². The highest BCUT2D eigenvalue weighted by molar-refractivity contribution is 6.05. The molecule has 2 aliphatic heterocycles. The van der Waals surface area contributed by atoms with Gasteiger partial charge in [-0.3, -0.25) is 19.3 Å². The molecule has 1 unspecified atom stereocenters. The van der Waals surface area contributed by atoms with Crippen LogP contribution in [0.3, 0.4) is 0 Å².